The van der Waals surface area contributed by atoms with Gasteiger partial charge in [0.2, 0.25) is 0 Å². The van der Waals surface area contributed by atoms with Gasteiger partial charge in [0, 0.05) is 18.6 Å². The van der Waals surface area contributed by atoms with Crippen molar-refractivity contribution in [3.63, 3.8) is 0 Å². The molecule has 2 rings (SSSR count). The molecule has 0 atom stereocenters. The van der Waals surface area contributed by atoms with Gasteiger partial charge in [-0.15, -0.1) is 0 Å². The number of benzene rings is 1. The van der Waals surface area contributed by atoms with Crippen molar-refractivity contribution in [1.82, 2.24) is 10.2 Å². The molecule has 1 N–H and O–H groups in total. The molecular weight excluding hydrogens is 220 g/mol. The maximum Gasteiger partial charge on any atom is 0.0240 e. The van der Waals surface area contributed by atoms with Crippen LogP contribution in [0.15, 0.2) is 24.3 Å². The van der Waals surface area contributed by atoms with E-state index in [4.69, 9.17) is 0 Å². The first-order chi connectivity index (χ1) is 8.54. The Bertz CT molecular complexity index is 354. The minimum Gasteiger partial charge on any atom is -0.312 e. The lowest BCUT2D eigenvalue weighted by Gasteiger charge is -2.21. The van der Waals surface area contributed by atoms with Crippen LogP contribution in [-0.4, -0.2) is 23.5 Å². The first kappa shape index (κ1) is 13.6. The molecule has 2 nitrogen and oxygen atoms in total. The highest BCUT2D eigenvalue weighted by Gasteiger charge is 2.17. The number of unbranched alkanes of at least 4 members (excludes halogenated alkanes) is 1. The van der Waals surface area contributed by atoms with Gasteiger partial charge in [-0.25, -0.2) is 0 Å². The normalized spacial score (nSPS) is 15.9. The maximum absolute atomic E-state index is 3.55. The molecule has 0 radical (unpaired) electrons. The number of fused-ring (bicyclic) bond motifs is 1. The zero-order valence-electron chi connectivity index (χ0n) is 12.0. The minimum absolute atomic E-state index is 0.254. The molecular formula is C16H26N2. The van der Waals surface area contributed by atoms with Crippen LogP contribution in [0.25, 0.3) is 0 Å². The zero-order chi connectivity index (χ0) is 13.0. The molecule has 2 heteroatoms. The summed E-state index contributed by atoms with van der Waals surface area (Å²) in [5.41, 5.74) is 3.29. The Hall–Kier alpha value is -0.860. The highest BCUT2D eigenvalue weighted by Crippen LogP contribution is 2.22. The first-order valence-corrected chi connectivity index (χ1v) is 7.09. The van der Waals surface area contributed by atoms with Crippen LogP contribution in [0.4, 0.5) is 0 Å². The Morgan fingerprint density at radius 3 is 2.22 bits per heavy atom. The van der Waals surface area contributed by atoms with Crippen molar-refractivity contribution in [2.45, 2.75) is 52.2 Å². The fraction of sp³-hybridized carbons (Fsp3) is 0.625. The van der Waals surface area contributed by atoms with Crippen LogP contribution in [0.1, 0.15) is 44.7 Å². The molecule has 1 aromatic rings. The van der Waals surface area contributed by atoms with Gasteiger partial charge < -0.3 is 5.32 Å². The van der Waals surface area contributed by atoms with Gasteiger partial charge in [-0.05, 0) is 57.8 Å². The van der Waals surface area contributed by atoms with Crippen LogP contribution in [-0.2, 0) is 13.1 Å². The van der Waals surface area contributed by atoms with E-state index in [2.05, 4.69) is 55.3 Å². The molecule has 1 aliphatic heterocycles. The van der Waals surface area contributed by atoms with Gasteiger partial charge in [0.1, 0.15) is 0 Å². The van der Waals surface area contributed by atoms with Gasteiger partial charge in [0.15, 0.2) is 0 Å². The molecule has 0 aromatic heterocycles. The topological polar surface area (TPSA) is 15.3 Å². The molecule has 1 heterocycles. The van der Waals surface area contributed by atoms with Gasteiger partial charge in [0.25, 0.3) is 0 Å². The minimum atomic E-state index is 0.254. The average molecular weight is 246 g/mol. The summed E-state index contributed by atoms with van der Waals surface area (Å²) in [7, 11) is 0. The summed E-state index contributed by atoms with van der Waals surface area (Å²) in [5.74, 6) is 0. The van der Waals surface area contributed by atoms with Crippen molar-refractivity contribution >= 4 is 0 Å². The lowest BCUT2D eigenvalue weighted by molar-refractivity contribution is 0.275. The van der Waals surface area contributed by atoms with Crippen LogP contribution < -0.4 is 5.32 Å². The van der Waals surface area contributed by atoms with E-state index in [0.717, 1.165) is 19.6 Å². The third kappa shape index (κ3) is 4.11. The summed E-state index contributed by atoms with van der Waals surface area (Å²) in [6.45, 7) is 11.3. The Morgan fingerprint density at radius 1 is 1.06 bits per heavy atom. The number of nitrogens with zero attached hydrogens (tertiary/aromatic N) is 1. The second kappa shape index (κ2) is 5.85. The lowest BCUT2D eigenvalue weighted by atomic mass is 10.1. The molecule has 100 valence electrons. The van der Waals surface area contributed by atoms with E-state index in [9.17, 15) is 0 Å². The van der Waals surface area contributed by atoms with E-state index in [0.29, 0.717) is 0 Å². The number of nitrogens with one attached hydrogen (secondary N) is 1. The maximum atomic E-state index is 3.55. The van der Waals surface area contributed by atoms with Gasteiger partial charge in [0.05, 0.1) is 0 Å². The Morgan fingerprint density at radius 2 is 1.67 bits per heavy atom. The highest BCUT2D eigenvalue weighted by molar-refractivity contribution is 5.30. The highest BCUT2D eigenvalue weighted by atomic mass is 15.1. The molecule has 0 saturated carbocycles. The SMILES string of the molecule is CC(C)(C)NCCCCN1Cc2ccccc2C1. The Labute approximate surface area is 111 Å². The Balaban J connectivity index is 1.63. The molecule has 0 saturated heterocycles. The molecule has 0 aliphatic carbocycles. The van der Waals surface area contributed by atoms with E-state index >= 15 is 0 Å². The largest absolute Gasteiger partial charge is 0.312 e. The molecule has 0 fully saturated rings. The van der Waals surface area contributed by atoms with Gasteiger partial charge in [-0.3, -0.25) is 4.90 Å². The molecule has 1 aliphatic rings. The van der Waals surface area contributed by atoms with Crippen molar-refractivity contribution in [2.24, 2.45) is 0 Å². The van der Waals surface area contributed by atoms with E-state index in [1.165, 1.54) is 30.5 Å². The molecule has 0 amide bonds. The van der Waals surface area contributed by atoms with Crippen LogP contribution in [0, 0.1) is 0 Å². The third-order valence-electron chi connectivity index (χ3n) is 3.46. The number of hydrogen-bond acceptors (Lipinski definition) is 2. The van der Waals surface area contributed by atoms with Crippen molar-refractivity contribution in [2.75, 3.05) is 13.1 Å². The second-order valence-electron chi connectivity index (χ2n) is 6.36. The lowest BCUT2D eigenvalue weighted by Crippen LogP contribution is -2.36. The number of rotatable bonds is 5. The second-order valence-corrected chi connectivity index (χ2v) is 6.36. The smallest absolute Gasteiger partial charge is 0.0240 e. The quantitative estimate of drug-likeness (QED) is 0.803. The molecule has 1 aromatic carbocycles. The monoisotopic (exact) mass is 246 g/mol. The van der Waals surface area contributed by atoms with Crippen LogP contribution in [0.5, 0.6) is 0 Å². The summed E-state index contributed by atoms with van der Waals surface area (Å²) in [6.07, 6.45) is 2.56. The number of hydrogen-bond donors (Lipinski definition) is 1. The summed E-state index contributed by atoms with van der Waals surface area (Å²) in [6, 6.07) is 8.82. The molecule has 0 bridgehead atoms. The van der Waals surface area contributed by atoms with E-state index < -0.39 is 0 Å². The van der Waals surface area contributed by atoms with Gasteiger partial charge >= 0.3 is 0 Å². The van der Waals surface area contributed by atoms with E-state index in [1.807, 2.05) is 0 Å². The van der Waals surface area contributed by atoms with Crippen molar-refractivity contribution in [3.8, 4) is 0 Å². The van der Waals surface area contributed by atoms with Crippen molar-refractivity contribution < 1.29 is 0 Å². The zero-order valence-corrected chi connectivity index (χ0v) is 12.0. The van der Waals surface area contributed by atoms with E-state index in [-0.39, 0.29) is 5.54 Å². The third-order valence-corrected chi connectivity index (χ3v) is 3.46. The molecule has 0 spiro atoms. The van der Waals surface area contributed by atoms with Crippen molar-refractivity contribution in [1.29, 1.82) is 0 Å². The average Bonchev–Trinajstić information content (AvgIpc) is 2.69. The molecule has 18 heavy (non-hydrogen) atoms. The molecule has 0 unspecified atom stereocenters. The van der Waals surface area contributed by atoms with E-state index in [1.54, 1.807) is 0 Å². The predicted molar refractivity (Wildman–Crippen MR) is 77.5 cm³/mol. The van der Waals surface area contributed by atoms with Crippen LogP contribution >= 0.6 is 0 Å². The fourth-order valence-electron chi connectivity index (χ4n) is 2.49. The van der Waals surface area contributed by atoms with Crippen LogP contribution in [0.2, 0.25) is 0 Å². The summed E-state index contributed by atoms with van der Waals surface area (Å²) >= 11 is 0. The first-order valence-electron chi connectivity index (χ1n) is 7.09. The fourth-order valence-corrected chi connectivity index (χ4v) is 2.49. The Kier molecular flexibility index (Phi) is 4.41. The standard InChI is InChI=1S/C16H26N2/c1-16(2,3)17-10-6-7-11-18-12-14-8-4-5-9-15(14)13-18/h4-5,8-9,17H,6-7,10-13H2,1-3H3. The van der Waals surface area contributed by atoms with Crippen LogP contribution in [0.3, 0.4) is 0 Å². The predicted octanol–water partition coefficient (Wildman–Crippen LogP) is 3.17. The summed E-state index contributed by atoms with van der Waals surface area (Å²) in [4.78, 5) is 2.56. The van der Waals surface area contributed by atoms with Gasteiger partial charge in [-0.1, -0.05) is 24.3 Å². The summed E-state index contributed by atoms with van der Waals surface area (Å²) < 4.78 is 0. The van der Waals surface area contributed by atoms with Gasteiger partial charge in [-0.2, -0.15) is 0 Å². The van der Waals surface area contributed by atoms with Crippen molar-refractivity contribution in [3.05, 3.63) is 35.4 Å². The summed E-state index contributed by atoms with van der Waals surface area (Å²) in [5, 5.41) is 3.55.